The molecule has 0 aliphatic heterocycles. The van der Waals surface area contributed by atoms with Crippen LogP contribution in [0.4, 0.5) is 0 Å². The van der Waals surface area contributed by atoms with Crippen LogP contribution in [0.15, 0.2) is 4.52 Å². The fourth-order valence-electron chi connectivity index (χ4n) is 1.73. The van der Waals surface area contributed by atoms with E-state index in [9.17, 15) is 4.79 Å². The smallest absolute Gasteiger partial charge is 0.304 e. The van der Waals surface area contributed by atoms with Gasteiger partial charge in [-0.05, 0) is 27.2 Å². The fraction of sp³-hybridized carbons (Fsp3) is 0.769. The van der Waals surface area contributed by atoms with Crippen molar-refractivity contribution in [1.82, 2.24) is 15.0 Å². The van der Waals surface area contributed by atoms with Crippen LogP contribution in [0.25, 0.3) is 0 Å². The predicted molar refractivity (Wildman–Crippen MR) is 70.7 cm³/mol. The van der Waals surface area contributed by atoms with Crippen LogP contribution in [0.5, 0.6) is 0 Å². The van der Waals surface area contributed by atoms with Gasteiger partial charge >= 0.3 is 5.97 Å². The monoisotopic (exact) mass is 269 g/mol. The van der Waals surface area contributed by atoms with Crippen LogP contribution >= 0.6 is 0 Å². The molecule has 0 spiro atoms. The first-order valence-corrected chi connectivity index (χ1v) is 6.61. The zero-order valence-corrected chi connectivity index (χ0v) is 12.1. The van der Waals surface area contributed by atoms with E-state index in [-0.39, 0.29) is 12.0 Å². The largest absolute Gasteiger partial charge is 0.481 e. The Bertz CT molecular complexity index is 410. The van der Waals surface area contributed by atoms with Crippen molar-refractivity contribution in [3.8, 4) is 0 Å². The van der Waals surface area contributed by atoms with E-state index >= 15 is 0 Å². The molecule has 0 saturated heterocycles. The van der Waals surface area contributed by atoms with Gasteiger partial charge in [0.15, 0.2) is 5.82 Å². The van der Waals surface area contributed by atoms with Gasteiger partial charge in [-0.1, -0.05) is 12.1 Å². The van der Waals surface area contributed by atoms with E-state index in [4.69, 9.17) is 9.63 Å². The van der Waals surface area contributed by atoms with Crippen molar-refractivity contribution < 1.29 is 14.4 Å². The minimum Gasteiger partial charge on any atom is -0.481 e. The molecule has 0 atom stereocenters. The van der Waals surface area contributed by atoms with E-state index in [1.165, 1.54) is 0 Å². The van der Waals surface area contributed by atoms with E-state index in [2.05, 4.69) is 17.1 Å². The van der Waals surface area contributed by atoms with Crippen LogP contribution < -0.4 is 0 Å². The van der Waals surface area contributed by atoms with E-state index in [1.54, 1.807) is 0 Å². The van der Waals surface area contributed by atoms with Gasteiger partial charge in [0, 0.05) is 18.5 Å². The summed E-state index contributed by atoms with van der Waals surface area (Å²) in [6, 6.07) is 0. The summed E-state index contributed by atoms with van der Waals surface area (Å²) in [5.41, 5.74) is -0.144. The lowest BCUT2D eigenvalue weighted by atomic mass is 10.1. The minimum absolute atomic E-state index is 0.104. The lowest BCUT2D eigenvalue weighted by Gasteiger charge is -2.34. The Hall–Kier alpha value is -1.43. The normalized spacial score (nSPS) is 12.1. The number of aryl methyl sites for hydroxylation is 1. The number of carboxylic acid groups (broad SMARTS) is 1. The number of carbonyl (C=O) groups is 1. The average molecular weight is 269 g/mol. The quantitative estimate of drug-likeness (QED) is 0.816. The second-order valence-corrected chi connectivity index (χ2v) is 5.59. The van der Waals surface area contributed by atoms with Gasteiger partial charge in [0.1, 0.15) is 0 Å². The molecule has 0 aliphatic carbocycles. The van der Waals surface area contributed by atoms with Gasteiger partial charge in [-0.25, -0.2) is 0 Å². The molecule has 0 aliphatic rings. The summed E-state index contributed by atoms with van der Waals surface area (Å²) in [4.78, 5) is 17.0. The first-order valence-electron chi connectivity index (χ1n) is 6.61. The Morgan fingerprint density at radius 1 is 1.42 bits per heavy atom. The molecule has 0 bridgehead atoms. The first-order chi connectivity index (χ1) is 8.82. The van der Waals surface area contributed by atoms with Crippen LogP contribution in [0, 0.1) is 0 Å². The van der Waals surface area contributed by atoms with Crippen molar-refractivity contribution in [2.45, 2.75) is 59.0 Å². The predicted octanol–water partition coefficient (Wildman–Crippen LogP) is 2.10. The molecule has 0 fully saturated rings. The van der Waals surface area contributed by atoms with E-state index in [1.807, 2.05) is 25.7 Å². The lowest BCUT2D eigenvalue weighted by molar-refractivity contribution is -0.137. The van der Waals surface area contributed by atoms with Crippen LogP contribution in [-0.4, -0.2) is 38.2 Å². The summed E-state index contributed by atoms with van der Waals surface area (Å²) in [6.45, 7) is 9.12. The summed E-state index contributed by atoms with van der Waals surface area (Å²) in [5, 5.41) is 12.7. The fourth-order valence-corrected chi connectivity index (χ4v) is 1.73. The zero-order chi connectivity index (χ0) is 14.5. The van der Waals surface area contributed by atoms with Gasteiger partial charge in [-0.15, -0.1) is 0 Å². The molecule has 6 nitrogen and oxygen atoms in total. The summed E-state index contributed by atoms with van der Waals surface area (Å²) in [5.74, 6) is 0.458. The van der Waals surface area contributed by atoms with E-state index in [0.717, 1.165) is 12.8 Å². The summed E-state index contributed by atoms with van der Waals surface area (Å²) < 4.78 is 5.20. The molecule has 6 heteroatoms. The Labute approximate surface area is 113 Å². The van der Waals surface area contributed by atoms with E-state index in [0.29, 0.717) is 24.8 Å². The summed E-state index contributed by atoms with van der Waals surface area (Å²) >= 11 is 0. The molecule has 0 amide bonds. The number of aromatic nitrogens is 2. The van der Waals surface area contributed by atoms with Gasteiger partial charge in [-0.2, -0.15) is 4.98 Å². The maximum Gasteiger partial charge on any atom is 0.304 e. The van der Waals surface area contributed by atoms with Gasteiger partial charge in [0.05, 0.1) is 13.0 Å². The van der Waals surface area contributed by atoms with Crippen molar-refractivity contribution in [3.05, 3.63) is 11.7 Å². The van der Waals surface area contributed by atoms with Crippen LogP contribution in [0.1, 0.15) is 52.3 Å². The highest BCUT2D eigenvalue weighted by Crippen LogP contribution is 2.17. The molecule has 1 heterocycles. The van der Waals surface area contributed by atoms with Crippen LogP contribution in [0.2, 0.25) is 0 Å². The third kappa shape index (κ3) is 5.38. The first kappa shape index (κ1) is 15.6. The third-order valence-corrected chi connectivity index (χ3v) is 2.85. The van der Waals surface area contributed by atoms with Crippen molar-refractivity contribution in [2.75, 3.05) is 6.54 Å². The van der Waals surface area contributed by atoms with Crippen molar-refractivity contribution >= 4 is 5.97 Å². The number of hydrogen-bond donors (Lipinski definition) is 1. The Kier molecular flexibility index (Phi) is 5.47. The summed E-state index contributed by atoms with van der Waals surface area (Å²) in [7, 11) is 0. The maximum atomic E-state index is 10.7. The van der Waals surface area contributed by atoms with Crippen molar-refractivity contribution in [3.63, 3.8) is 0 Å². The molecule has 0 radical (unpaired) electrons. The van der Waals surface area contributed by atoms with Gasteiger partial charge < -0.3 is 9.63 Å². The molecular weight excluding hydrogens is 246 g/mol. The molecule has 1 N–H and O–H groups in total. The Balaban J connectivity index is 2.67. The second kappa shape index (κ2) is 6.65. The van der Waals surface area contributed by atoms with Gasteiger partial charge in [0.2, 0.25) is 5.89 Å². The summed E-state index contributed by atoms with van der Waals surface area (Å²) in [6.07, 6.45) is 1.88. The second-order valence-electron chi connectivity index (χ2n) is 5.59. The number of hydrogen-bond acceptors (Lipinski definition) is 5. The topological polar surface area (TPSA) is 79.5 Å². The molecule has 1 rings (SSSR count). The standard InChI is InChI=1S/C13H23N3O3/c1-5-6-10-14-11(19-15-10)9-16(13(2,3)4)8-7-12(17)18/h5-9H2,1-4H3,(H,17,18). The minimum atomic E-state index is -0.800. The molecule has 0 aromatic carbocycles. The molecule has 19 heavy (non-hydrogen) atoms. The number of carboxylic acids is 1. The van der Waals surface area contributed by atoms with Gasteiger partial charge in [-0.3, -0.25) is 9.69 Å². The van der Waals surface area contributed by atoms with Crippen molar-refractivity contribution in [1.29, 1.82) is 0 Å². The Morgan fingerprint density at radius 3 is 2.63 bits per heavy atom. The number of rotatable bonds is 7. The third-order valence-electron chi connectivity index (χ3n) is 2.85. The maximum absolute atomic E-state index is 10.7. The highest BCUT2D eigenvalue weighted by molar-refractivity contribution is 5.66. The van der Waals surface area contributed by atoms with Crippen LogP contribution in [0.3, 0.4) is 0 Å². The molecule has 1 aromatic heterocycles. The molecular formula is C13H23N3O3. The van der Waals surface area contributed by atoms with E-state index < -0.39 is 5.97 Å². The highest BCUT2D eigenvalue weighted by Gasteiger charge is 2.24. The lowest BCUT2D eigenvalue weighted by Crippen LogP contribution is -2.42. The van der Waals surface area contributed by atoms with Crippen LogP contribution in [-0.2, 0) is 17.8 Å². The average Bonchev–Trinajstić information content (AvgIpc) is 2.70. The molecule has 0 unspecified atom stereocenters. The molecule has 1 aromatic rings. The van der Waals surface area contributed by atoms with Gasteiger partial charge in [0.25, 0.3) is 0 Å². The SMILES string of the molecule is CCCc1noc(CN(CCC(=O)O)C(C)(C)C)n1. The van der Waals surface area contributed by atoms with Crippen molar-refractivity contribution in [2.24, 2.45) is 0 Å². The number of nitrogens with zero attached hydrogens (tertiary/aromatic N) is 3. The Morgan fingerprint density at radius 2 is 2.11 bits per heavy atom. The highest BCUT2D eigenvalue weighted by atomic mass is 16.5. The molecule has 108 valence electrons. The zero-order valence-electron chi connectivity index (χ0n) is 12.1. The number of aliphatic carboxylic acids is 1. The molecule has 0 saturated carbocycles.